The smallest absolute Gasteiger partial charge is 0.235 e. The molecule has 0 radical (unpaired) electrons. The zero-order chi connectivity index (χ0) is 37.5. The molecule has 0 atom stereocenters. The Morgan fingerprint density at radius 2 is 0.825 bits per heavy atom. The molecule has 0 amide bonds. The number of imidazole rings is 1. The largest absolute Gasteiger partial charge is 0.307 e. The van der Waals surface area contributed by atoms with E-state index >= 15 is 0 Å². The average molecular weight is 729 g/mol. The number of nitrogens with zero attached hydrogens (tertiary/aromatic N) is 6. The van der Waals surface area contributed by atoms with E-state index in [1.807, 2.05) is 6.07 Å². The molecule has 0 saturated heterocycles. The highest BCUT2D eigenvalue weighted by Gasteiger charge is 2.30. The van der Waals surface area contributed by atoms with E-state index in [9.17, 15) is 0 Å². The summed E-state index contributed by atoms with van der Waals surface area (Å²) in [6.07, 6.45) is 0. The van der Waals surface area contributed by atoms with E-state index in [4.69, 9.17) is 15.0 Å². The molecule has 0 saturated carbocycles. The van der Waals surface area contributed by atoms with Crippen LogP contribution >= 0.6 is 0 Å². The monoisotopic (exact) mass is 728 g/mol. The summed E-state index contributed by atoms with van der Waals surface area (Å²) in [6, 6.07) is 68.0. The maximum absolute atomic E-state index is 5.69. The van der Waals surface area contributed by atoms with E-state index in [0.717, 1.165) is 99.6 Å². The van der Waals surface area contributed by atoms with Crippen molar-refractivity contribution in [1.82, 2.24) is 28.7 Å². The lowest BCUT2D eigenvalue weighted by atomic mass is 10.1. The molecular weight excluding hydrogens is 697 g/mol. The molecule has 4 heterocycles. The van der Waals surface area contributed by atoms with Crippen LogP contribution in [0.15, 0.2) is 194 Å². The summed E-state index contributed by atoms with van der Waals surface area (Å²) < 4.78 is 7.06. The molecule has 0 bridgehead atoms. The molecule has 0 aliphatic rings. The van der Waals surface area contributed by atoms with Crippen LogP contribution in [0.2, 0.25) is 0 Å². The number of fused-ring (bicyclic) bond motifs is 11. The maximum atomic E-state index is 5.69. The van der Waals surface area contributed by atoms with Crippen molar-refractivity contribution < 1.29 is 0 Å². The normalized spacial score (nSPS) is 11.9. The topological polar surface area (TPSA) is 53.5 Å². The predicted molar refractivity (Wildman–Crippen MR) is 234 cm³/mol. The Balaban J connectivity index is 1.38. The van der Waals surface area contributed by atoms with E-state index in [0.29, 0.717) is 5.95 Å². The second-order valence-corrected chi connectivity index (χ2v) is 14.4. The fourth-order valence-electron chi connectivity index (χ4n) is 8.88. The zero-order valence-corrected chi connectivity index (χ0v) is 30.7. The van der Waals surface area contributed by atoms with Gasteiger partial charge in [-0.3, -0.25) is 9.13 Å². The minimum absolute atomic E-state index is 0.610. The summed E-state index contributed by atoms with van der Waals surface area (Å²) in [6.45, 7) is 0. The minimum Gasteiger partial charge on any atom is -0.307 e. The second-order valence-electron chi connectivity index (χ2n) is 14.4. The number of aromatic nitrogens is 6. The van der Waals surface area contributed by atoms with Gasteiger partial charge in [-0.1, -0.05) is 152 Å². The van der Waals surface area contributed by atoms with Crippen molar-refractivity contribution in [3.63, 3.8) is 0 Å². The SMILES string of the molecule is c1ccc(-c2nc(-n3c4ccccc4c4c5c(nc(-c6ccccc6)n5-c5ccccc5)c5c6ccccc6n(-c6ccccc6)c5c43)nc3ccccc23)cc1. The van der Waals surface area contributed by atoms with Crippen molar-refractivity contribution in [2.24, 2.45) is 0 Å². The summed E-state index contributed by atoms with van der Waals surface area (Å²) in [7, 11) is 0. The Hall–Kier alpha value is -7.83. The molecule has 12 aromatic rings. The highest BCUT2D eigenvalue weighted by Crippen LogP contribution is 2.48. The number of hydrogen-bond acceptors (Lipinski definition) is 3. The lowest BCUT2D eigenvalue weighted by Gasteiger charge is -2.14. The molecule has 0 fully saturated rings. The molecule has 6 heteroatoms. The van der Waals surface area contributed by atoms with Gasteiger partial charge in [-0.25, -0.2) is 15.0 Å². The third-order valence-corrected chi connectivity index (χ3v) is 11.2. The van der Waals surface area contributed by atoms with Crippen molar-refractivity contribution in [2.75, 3.05) is 0 Å². The molecule has 0 unspecified atom stereocenters. The molecule has 0 aliphatic heterocycles. The van der Waals surface area contributed by atoms with E-state index < -0.39 is 0 Å². The Morgan fingerprint density at radius 1 is 0.333 bits per heavy atom. The van der Waals surface area contributed by atoms with Gasteiger partial charge >= 0.3 is 0 Å². The molecule has 0 spiro atoms. The molecule has 57 heavy (non-hydrogen) atoms. The van der Waals surface area contributed by atoms with E-state index in [2.05, 4.69) is 202 Å². The van der Waals surface area contributed by atoms with Crippen LogP contribution < -0.4 is 0 Å². The lowest BCUT2D eigenvalue weighted by Crippen LogP contribution is -2.05. The Kier molecular flexibility index (Phi) is 6.83. The summed E-state index contributed by atoms with van der Waals surface area (Å²) in [4.78, 5) is 16.6. The van der Waals surface area contributed by atoms with Crippen molar-refractivity contribution in [3.05, 3.63) is 194 Å². The molecule has 12 rings (SSSR count). The van der Waals surface area contributed by atoms with Crippen LogP contribution in [-0.2, 0) is 0 Å². The highest BCUT2D eigenvalue weighted by atomic mass is 15.2. The highest BCUT2D eigenvalue weighted by molar-refractivity contribution is 6.35. The predicted octanol–water partition coefficient (Wildman–Crippen LogP) is 12.5. The Labute approximate surface area is 327 Å². The molecule has 8 aromatic carbocycles. The van der Waals surface area contributed by atoms with E-state index in [1.165, 1.54) is 0 Å². The summed E-state index contributed by atoms with van der Waals surface area (Å²) >= 11 is 0. The van der Waals surface area contributed by atoms with Crippen LogP contribution in [0.4, 0.5) is 0 Å². The van der Waals surface area contributed by atoms with Crippen LogP contribution in [0.5, 0.6) is 0 Å². The quantitative estimate of drug-likeness (QED) is 0.177. The number of hydrogen-bond donors (Lipinski definition) is 0. The first-order valence-electron chi connectivity index (χ1n) is 19.2. The molecule has 0 aliphatic carbocycles. The number of benzene rings is 8. The van der Waals surface area contributed by atoms with Gasteiger partial charge < -0.3 is 4.57 Å². The lowest BCUT2D eigenvalue weighted by molar-refractivity contribution is 1.01. The van der Waals surface area contributed by atoms with Gasteiger partial charge in [-0.15, -0.1) is 0 Å². The van der Waals surface area contributed by atoms with Crippen LogP contribution in [0.1, 0.15) is 0 Å². The van der Waals surface area contributed by atoms with Gasteiger partial charge in [0, 0.05) is 49.4 Å². The van der Waals surface area contributed by atoms with Crippen molar-refractivity contribution in [1.29, 1.82) is 0 Å². The van der Waals surface area contributed by atoms with Crippen molar-refractivity contribution >= 4 is 65.5 Å². The third-order valence-electron chi connectivity index (χ3n) is 11.2. The fraction of sp³-hybridized carbons (Fsp3) is 0. The average Bonchev–Trinajstić information content (AvgIpc) is 3.96. The first-order chi connectivity index (χ1) is 28.3. The van der Waals surface area contributed by atoms with Gasteiger partial charge in [0.1, 0.15) is 11.3 Å². The second kappa shape index (κ2) is 12.3. The first-order valence-corrected chi connectivity index (χ1v) is 19.2. The Morgan fingerprint density at radius 3 is 1.49 bits per heavy atom. The van der Waals surface area contributed by atoms with E-state index in [1.54, 1.807) is 0 Å². The number of rotatable bonds is 5. The molecule has 266 valence electrons. The van der Waals surface area contributed by atoms with Crippen molar-refractivity contribution in [3.8, 4) is 40.0 Å². The van der Waals surface area contributed by atoms with Gasteiger partial charge in [0.15, 0.2) is 0 Å². The van der Waals surface area contributed by atoms with Gasteiger partial charge in [0.2, 0.25) is 5.95 Å². The fourth-order valence-corrected chi connectivity index (χ4v) is 8.88. The zero-order valence-electron chi connectivity index (χ0n) is 30.7. The summed E-state index contributed by atoms with van der Waals surface area (Å²) in [5.74, 6) is 1.49. The Bertz CT molecular complexity index is 3490. The van der Waals surface area contributed by atoms with Gasteiger partial charge in [0.05, 0.1) is 38.8 Å². The third kappa shape index (κ3) is 4.61. The summed E-state index contributed by atoms with van der Waals surface area (Å²) in [5, 5.41) is 5.40. The van der Waals surface area contributed by atoms with Gasteiger partial charge in [-0.2, -0.15) is 0 Å². The maximum Gasteiger partial charge on any atom is 0.235 e. The van der Waals surface area contributed by atoms with E-state index in [-0.39, 0.29) is 0 Å². The van der Waals surface area contributed by atoms with Gasteiger partial charge in [-0.05, 0) is 42.5 Å². The number of para-hydroxylation sites is 5. The molecule has 4 aromatic heterocycles. The molecule has 0 N–H and O–H groups in total. The minimum atomic E-state index is 0.610. The molecule has 6 nitrogen and oxygen atoms in total. The first kappa shape index (κ1) is 31.5. The van der Waals surface area contributed by atoms with Crippen molar-refractivity contribution in [2.45, 2.75) is 0 Å². The van der Waals surface area contributed by atoms with Crippen LogP contribution in [0.3, 0.4) is 0 Å². The standard InChI is InChI=1S/C51H32N6/c1-5-19-33(20-6-1)45-37-27-13-16-30-40(37)52-51(54-45)57-42-32-18-15-29-39(42)44-47-46(53-50(34-21-7-2-8-22-34)56(47)36-25-11-4-12-26-36)43-38-28-14-17-31-41(38)55(48(43)49(44)57)35-23-9-3-10-24-35/h1-32H. The molecular formula is C51H32N6. The van der Waals surface area contributed by atoms with Gasteiger partial charge in [0.25, 0.3) is 0 Å². The van der Waals surface area contributed by atoms with Crippen LogP contribution in [-0.4, -0.2) is 28.7 Å². The van der Waals surface area contributed by atoms with Crippen LogP contribution in [0, 0.1) is 0 Å². The summed E-state index contributed by atoms with van der Waals surface area (Å²) in [5.41, 5.74) is 12.1. The van der Waals surface area contributed by atoms with Crippen LogP contribution in [0.25, 0.3) is 106 Å².